The number of nitro groups is 1. The van der Waals surface area contributed by atoms with E-state index in [4.69, 9.17) is 17.3 Å². The van der Waals surface area contributed by atoms with Gasteiger partial charge >= 0.3 is 0 Å². The summed E-state index contributed by atoms with van der Waals surface area (Å²) in [7, 11) is -3.87. The van der Waals surface area contributed by atoms with Crippen LogP contribution in [0.2, 0.25) is 5.02 Å². The third kappa shape index (κ3) is 3.87. The third-order valence-electron chi connectivity index (χ3n) is 2.39. The van der Waals surface area contributed by atoms with E-state index < -0.39 is 14.9 Å². The van der Waals surface area contributed by atoms with Gasteiger partial charge in [0.05, 0.1) is 14.8 Å². The lowest BCUT2D eigenvalue weighted by atomic mass is 10.2. The average molecular weight is 308 g/mol. The van der Waals surface area contributed by atoms with Gasteiger partial charge in [0.25, 0.3) is 5.69 Å². The lowest BCUT2D eigenvalue weighted by Gasteiger charge is -2.10. The van der Waals surface area contributed by atoms with Crippen LogP contribution in [0.4, 0.5) is 5.69 Å². The Hall–Kier alpha value is -1.22. The zero-order valence-corrected chi connectivity index (χ0v) is 12.0. The molecule has 0 aliphatic carbocycles. The summed E-state index contributed by atoms with van der Waals surface area (Å²) in [6, 6.07) is 1.78. The predicted molar refractivity (Wildman–Crippen MR) is 71.7 cm³/mol. The molecule has 9 heteroatoms. The van der Waals surface area contributed by atoms with Crippen molar-refractivity contribution in [2.75, 3.05) is 6.54 Å². The molecule has 1 aromatic carbocycles. The smallest absolute Gasteiger partial charge is 0.275 e. The minimum Gasteiger partial charge on any atom is -0.327 e. The fourth-order valence-electron chi connectivity index (χ4n) is 1.31. The maximum Gasteiger partial charge on any atom is 0.275 e. The second kappa shape index (κ2) is 5.83. The van der Waals surface area contributed by atoms with E-state index in [9.17, 15) is 18.5 Å². The largest absolute Gasteiger partial charge is 0.327 e. The Morgan fingerprint density at radius 2 is 2.11 bits per heavy atom. The highest BCUT2D eigenvalue weighted by Gasteiger charge is 2.22. The van der Waals surface area contributed by atoms with Crippen LogP contribution in [0.5, 0.6) is 0 Å². The number of hydrogen-bond acceptors (Lipinski definition) is 5. The number of nitrogens with zero attached hydrogens (tertiary/aromatic N) is 1. The Bertz CT molecular complexity index is 601. The number of sulfonamides is 1. The molecule has 0 aliphatic rings. The molecule has 0 saturated heterocycles. The van der Waals surface area contributed by atoms with E-state index in [2.05, 4.69) is 4.72 Å². The highest BCUT2D eigenvalue weighted by atomic mass is 35.5. The maximum absolute atomic E-state index is 11.9. The summed E-state index contributed by atoms with van der Waals surface area (Å²) < 4.78 is 26.1. The third-order valence-corrected chi connectivity index (χ3v) is 4.19. The Balaban J connectivity index is 3.25. The van der Waals surface area contributed by atoms with Gasteiger partial charge in [-0.1, -0.05) is 11.6 Å². The van der Waals surface area contributed by atoms with E-state index >= 15 is 0 Å². The molecule has 7 nitrogen and oxygen atoms in total. The van der Waals surface area contributed by atoms with Gasteiger partial charge in [-0.2, -0.15) is 0 Å². The van der Waals surface area contributed by atoms with E-state index in [1.54, 1.807) is 6.92 Å². The molecule has 0 fully saturated rings. The summed E-state index contributed by atoms with van der Waals surface area (Å²) in [5, 5.41) is 10.9. The molecule has 1 aromatic rings. The van der Waals surface area contributed by atoms with E-state index in [0.717, 1.165) is 6.07 Å². The van der Waals surface area contributed by atoms with Crippen LogP contribution in [-0.4, -0.2) is 25.9 Å². The molecule has 0 amide bonds. The number of rotatable bonds is 5. The minimum atomic E-state index is -3.87. The highest BCUT2D eigenvalue weighted by Crippen LogP contribution is 2.29. The molecule has 0 bridgehead atoms. The van der Waals surface area contributed by atoms with E-state index in [0.29, 0.717) is 0 Å². The Morgan fingerprint density at radius 1 is 1.53 bits per heavy atom. The van der Waals surface area contributed by atoms with Crippen molar-refractivity contribution < 1.29 is 13.3 Å². The zero-order chi connectivity index (χ0) is 14.8. The normalized spacial score (nSPS) is 13.3. The van der Waals surface area contributed by atoms with Crippen molar-refractivity contribution in [1.29, 1.82) is 0 Å². The van der Waals surface area contributed by atoms with Gasteiger partial charge < -0.3 is 5.73 Å². The Labute approximate surface area is 115 Å². The highest BCUT2D eigenvalue weighted by molar-refractivity contribution is 7.89. The Kier molecular flexibility index (Phi) is 4.86. The summed E-state index contributed by atoms with van der Waals surface area (Å²) in [6.45, 7) is 3.11. The summed E-state index contributed by atoms with van der Waals surface area (Å²) >= 11 is 5.81. The van der Waals surface area contributed by atoms with Crippen LogP contribution >= 0.6 is 11.6 Å². The molecule has 0 radical (unpaired) electrons. The van der Waals surface area contributed by atoms with Gasteiger partial charge in [-0.25, -0.2) is 13.1 Å². The van der Waals surface area contributed by atoms with Crippen molar-refractivity contribution >= 4 is 27.3 Å². The van der Waals surface area contributed by atoms with Crippen LogP contribution in [0.25, 0.3) is 0 Å². The predicted octanol–water partition coefficient (Wildman–Crippen LogP) is 1.18. The topological polar surface area (TPSA) is 115 Å². The summed E-state index contributed by atoms with van der Waals surface area (Å²) in [5.74, 6) is 0. The maximum atomic E-state index is 11.9. The Morgan fingerprint density at radius 3 is 2.58 bits per heavy atom. The summed E-state index contributed by atoms with van der Waals surface area (Å²) in [4.78, 5) is 9.90. The molecule has 0 aromatic heterocycles. The quantitative estimate of drug-likeness (QED) is 0.626. The number of halogens is 1. The summed E-state index contributed by atoms with van der Waals surface area (Å²) in [5.41, 5.74) is 5.33. The number of nitrogens with two attached hydrogens (primary N) is 1. The molecule has 0 saturated carbocycles. The van der Waals surface area contributed by atoms with Crippen molar-refractivity contribution in [3.05, 3.63) is 32.8 Å². The monoisotopic (exact) mass is 307 g/mol. The fraction of sp³-hybridized carbons (Fsp3) is 0.400. The molecule has 1 rings (SSSR count). The van der Waals surface area contributed by atoms with Gasteiger partial charge in [0.15, 0.2) is 0 Å². The van der Waals surface area contributed by atoms with Crippen LogP contribution in [0.1, 0.15) is 12.5 Å². The van der Waals surface area contributed by atoms with Crippen molar-refractivity contribution in [3.63, 3.8) is 0 Å². The van der Waals surface area contributed by atoms with Crippen molar-refractivity contribution in [1.82, 2.24) is 4.72 Å². The standard InChI is InChI=1S/C10H14ClN3O4S/c1-6(12)5-13-19(17,18)8-3-9(11)7(2)10(4-8)14(15)16/h3-4,6,13H,5,12H2,1-2H3. The molecule has 106 valence electrons. The molecule has 0 heterocycles. The zero-order valence-electron chi connectivity index (χ0n) is 10.4. The van der Waals surface area contributed by atoms with Gasteiger partial charge in [-0.05, 0) is 19.9 Å². The number of hydrogen-bond donors (Lipinski definition) is 2. The van der Waals surface area contributed by atoms with Crippen LogP contribution < -0.4 is 10.5 Å². The number of nitro benzene ring substituents is 1. The molecule has 1 atom stereocenters. The van der Waals surface area contributed by atoms with Gasteiger partial charge in [0.2, 0.25) is 10.0 Å². The summed E-state index contributed by atoms with van der Waals surface area (Å²) in [6.07, 6.45) is 0. The van der Waals surface area contributed by atoms with Crippen molar-refractivity contribution in [3.8, 4) is 0 Å². The van der Waals surface area contributed by atoms with Crippen LogP contribution in [-0.2, 0) is 10.0 Å². The first-order valence-corrected chi connectivity index (χ1v) is 7.21. The lowest BCUT2D eigenvalue weighted by molar-refractivity contribution is -0.385. The van der Waals surface area contributed by atoms with E-state index in [1.807, 2.05) is 0 Å². The van der Waals surface area contributed by atoms with Gasteiger partial charge in [-0.3, -0.25) is 10.1 Å². The first kappa shape index (κ1) is 15.8. The van der Waals surface area contributed by atoms with Crippen LogP contribution in [0, 0.1) is 17.0 Å². The molecule has 19 heavy (non-hydrogen) atoms. The van der Waals surface area contributed by atoms with Crippen molar-refractivity contribution in [2.45, 2.75) is 24.8 Å². The average Bonchev–Trinajstić information content (AvgIpc) is 2.29. The second-order valence-corrected chi connectivity index (χ2v) is 6.31. The van der Waals surface area contributed by atoms with Gasteiger partial charge in [0, 0.05) is 24.2 Å². The molecule has 0 spiro atoms. The number of nitrogens with one attached hydrogen (secondary N) is 1. The first-order valence-electron chi connectivity index (χ1n) is 5.35. The van der Waals surface area contributed by atoms with Gasteiger partial charge in [0.1, 0.15) is 0 Å². The van der Waals surface area contributed by atoms with Crippen LogP contribution in [0.3, 0.4) is 0 Å². The SMILES string of the molecule is Cc1c(Cl)cc(S(=O)(=O)NCC(C)N)cc1[N+](=O)[O-]. The second-order valence-electron chi connectivity index (χ2n) is 4.14. The van der Waals surface area contributed by atoms with Gasteiger partial charge in [-0.15, -0.1) is 0 Å². The van der Waals surface area contributed by atoms with E-state index in [-0.39, 0.29) is 33.8 Å². The molecule has 1 unspecified atom stereocenters. The first-order chi connectivity index (χ1) is 8.65. The molecule has 3 N–H and O–H groups in total. The molecular weight excluding hydrogens is 294 g/mol. The molecular formula is C10H14ClN3O4S. The van der Waals surface area contributed by atoms with E-state index in [1.165, 1.54) is 13.0 Å². The fourth-order valence-corrected chi connectivity index (χ4v) is 2.78. The lowest BCUT2D eigenvalue weighted by Crippen LogP contribution is -2.35. The van der Waals surface area contributed by atoms with Crippen molar-refractivity contribution in [2.24, 2.45) is 5.73 Å². The van der Waals surface area contributed by atoms with Crippen LogP contribution in [0.15, 0.2) is 17.0 Å². The molecule has 0 aliphatic heterocycles. The minimum absolute atomic E-state index is 0.0235. The number of benzene rings is 1.